The van der Waals surface area contributed by atoms with E-state index in [2.05, 4.69) is 49.5 Å². The van der Waals surface area contributed by atoms with Crippen LogP contribution in [0.5, 0.6) is 0 Å². The van der Waals surface area contributed by atoms with Crippen LogP contribution in [0.1, 0.15) is 51.4 Å². The number of amides is 1. The standard InChI is InChI=1S/C18H29N3O/c1-6-21(7-2)17-12-10-16(11-13-17)18(22)20-19-15(5)9-8-14(3)4/h9-14,19H,6-8H2,1-5H3,(H,20,22)/b15-9+. The molecule has 0 heterocycles. The molecule has 0 fully saturated rings. The number of benzene rings is 1. The average molecular weight is 303 g/mol. The third kappa shape index (κ3) is 5.80. The number of rotatable bonds is 8. The van der Waals surface area contributed by atoms with Crippen molar-refractivity contribution in [3.63, 3.8) is 0 Å². The lowest BCUT2D eigenvalue weighted by molar-refractivity contribution is 0.0939. The Morgan fingerprint density at radius 1 is 1.14 bits per heavy atom. The Labute approximate surface area is 134 Å². The first kappa shape index (κ1) is 18.1. The fourth-order valence-electron chi connectivity index (χ4n) is 2.10. The van der Waals surface area contributed by atoms with Gasteiger partial charge in [-0.25, -0.2) is 0 Å². The minimum absolute atomic E-state index is 0.122. The maximum atomic E-state index is 12.1. The lowest BCUT2D eigenvalue weighted by atomic mass is 10.1. The van der Waals surface area contributed by atoms with Crippen molar-refractivity contribution >= 4 is 11.6 Å². The molecule has 2 N–H and O–H groups in total. The smallest absolute Gasteiger partial charge is 0.269 e. The molecule has 22 heavy (non-hydrogen) atoms. The van der Waals surface area contributed by atoms with Crippen molar-refractivity contribution in [2.75, 3.05) is 18.0 Å². The van der Waals surface area contributed by atoms with Crippen LogP contribution in [0.2, 0.25) is 0 Å². The summed E-state index contributed by atoms with van der Waals surface area (Å²) >= 11 is 0. The lowest BCUT2D eigenvalue weighted by Gasteiger charge is -2.21. The molecule has 0 unspecified atom stereocenters. The Kier molecular flexibility index (Phi) is 7.50. The summed E-state index contributed by atoms with van der Waals surface area (Å²) in [6.07, 6.45) is 3.09. The van der Waals surface area contributed by atoms with E-state index in [1.807, 2.05) is 31.2 Å². The minimum atomic E-state index is -0.122. The number of hydrazine groups is 1. The zero-order valence-electron chi connectivity index (χ0n) is 14.4. The van der Waals surface area contributed by atoms with Crippen LogP contribution < -0.4 is 15.8 Å². The molecule has 0 spiro atoms. The number of nitrogens with zero attached hydrogens (tertiary/aromatic N) is 1. The molecule has 0 aliphatic rings. The first-order valence-electron chi connectivity index (χ1n) is 8.06. The van der Waals surface area contributed by atoms with E-state index >= 15 is 0 Å². The number of anilines is 1. The molecule has 0 saturated heterocycles. The molecule has 122 valence electrons. The van der Waals surface area contributed by atoms with E-state index in [9.17, 15) is 4.79 Å². The van der Waals surface area contributed by atoms with Gasteiger partial charge in [0.2, 0.25) is 0 Å². The molecule has 1 aromatic rings. The van der Waals surface area contributed by atoms with Gasteiger partial charge < -0.3 is 10.3 Å². The van der Waals surface area contributed by atoms with Crippen molar-refractivity contribution in [1.82, 2.24) is 10.9 Å². The Bertz CT molecular complexity index is 488. The van der Waals surface area contributed by atoms with Gasteiger partial charge in [0.05, 0.1) is 0 Å². The van der Waals surface area contributed by atoms with Crippen molar-refractivity contribution in [1.29, 1.82) is 0 Å². The van der Waals surface area contributed by atoms with E-state index in [1.165, 1.54) is 0 Å². The fourth-order valence-corrected chi connectivity index (χ4v) is 2.10. The summed E-state index contributed by atoms with van der Waals surface area (Å²) in [4.78, 5) is 14.3. The zero-order valence-corrected chi connectivity index (χ0v) is 14.4. The highest BCUT2D eigenvalue weighted by atomic mass is 16.2. The van der Waals surface area contributed by atoms with Crippen LogP contribution in [-0.4, -0.2) is 19.0 Å². The highest BCUT2D eigenvalue weighted by molar-refractivity contribution is 5.94. The van der Waals surface area contributed by atoms with Gasteiger partial charge in [-0.15, -0.1) is 0 Å². The molecular formula is C18H29N3O. The van der Waals surface area contributed by atoms with Crippen LogP contribution in [0, 0.1) is 5.92 Å². The van der Waals surface area contributed by atoms with Gasteiger partial charge in [0.25, 0.3) is 5.91 Å². The van der Waals surface area contributed by atoms with Crippen molar-refractivity contribution < 1.29 is 4.79 Å². The highest BCUT2D eigenvalue weighted by Crippen LogP contribution is 2.14. The summed E-state index contributed by atoms with van der Waals surface area (Å²) in [5, 5.41) is 0. The average Bonchev–Trinajstić information content (AvgIpc) is 2.52. The summed E-state index contributed by atoms with van der Waals surface area (Å²) in [6, 6.07) is 7.70. The van der Waals surface area contributed by atoms with E-state index < -0.39 is 0 Å². The second-order valence-electron chi connectivity index (χ2n) is 5.81. The van der Waals surface area contributed by atoms with E-state index in [1.54, 1.807) is 0 Å². The Morgan fingerprint density at radius 3 is 2.23 bits per heavy atom. The molecule has 4 heteroatoms. The van der Waals surface area contributed by atoms with Crippen molar-refractivity contribution in [3.05, 3.63) is 41.6 Å². The third-order valence-electron chi connectivity index (χ3n) is 3.53. The second kappa shape index (κ2) is 9.13. The van der Waals surface area contributed by atoms with E-state index in [0.717, 1.165) is 30.9 Å². The predicted octanol–water partition coefficient (Wildman–Crippen LogP) is 3.72. The largest absolute Gasteiger partial charge is 0.372 e. The summed E-state index contributed by atoms with van der Waals surface area (Å²) < 4.78 is 0. The molecule has 0 aromatic heterocycles. The maximum absolute atomic E-state index is 12.1. The second-order valence-corrected chi connectivity index (χ2v) is 5.81. The van der Waals surface area contributed by atoms with Crippen molar-refractivity contribution in [2.24, 2.45) is 5.92 Å². The summed E-state index contributed by atoms with van der Waals surface area (Å²) in [7, 11) is 0. The lowest BCUT2D eigenvalue weighted by Crippen LogP contribution is -2.36. The normalized spacial score (nSPS) is 11.5. The minimum Gasteiger partial charge on any atom is -0.372 e. The Balaban J connectivity index is 2.57. The van der Waals surface area contributed by atoms with Crippen molar-refractivity contribution in [3.8, 4) is 0 Å². The molecule has 0 radical (unpaired) electrons. The summed E-state index contributed by atoms with van der Waals surface area (Å²) in [5.41, 5.74) is 8.43. The number of nitrogens with one attached hydrogen (secondary N) is 2. The Morgan fingerprint density at radius 2 is 1.73 bits per heavy atom. The number of carbonyl (C=O) groups is 1. The molecule has 0 atom stereocenters. The van der Waals surface area contributed by atoms with E-state index in [0.29, 0.717) is 11.5 Å². The predicted molar refractivity (Wildman–Crippen MR) is 93.8 cm³/mol. The van der Waals surface area contributed by atoms with Crippen LogP contribution >= 0.6 is 0 Å². The molecule has 0 aliphatic carbocycles. The van der Waals surface area contributed by atoms with Gasteiger partial charge in [-0.2, -0.15) is 0 Å². The number of carbonyl (C=O) groups excluding carboxylic acids is 1. The quantitative estimate of drug-likeness (QED) is 0.719. The van der Waals surface area contributed by atoms with Gasteiger partial charge in [-0.05, 0) is 57.4 Å². The summed E-state index contributed by atoms with van der Waals surface area (Å²) in [5.74, 6) is 0.489. The van der Waals surface area contributed by atoms with Gasteiger partial charge in [-0.1, -0.05) is 19.9 Å². The van der Waals surface area contributed by atoms with E-state index in [-0.39, 0.29) is 5.91 Å². The first-order valence-corrected chi connectivity index (χ1v) is 8.06. The SMILES string of the molecule is CCN(CC)c1ccc(C(=O)NN/C(C)=C/CC(C)C)cc1. The number of hydrogen-bond donors (Lipinski definition) is 2. The molecular weight excluding hydrogens is 274 g/mol. The van der Waals surface area contributed by atoms with Crippen LogP contribution in [0.4, 0.5) is 5.69 Å². The van der Waals surface area contributed by atoms with Gasteiger partial charge in [0, 0.05) is 30.0 Å². The molecule has 1 rings (SSSR count). The van der Waals surface area contributed by atoms with Gasteiger partial charge >= 0.3 is 0 Å². The number of hydrogen-bond acceptors (Lipinski definition) is 3. The van der Waals surface area contributed by atoms with Gasteiger partial charge in [0.15, 0.2) is 0 Å². The monoisotopic (exact) mass is 303 g/mol. The van der Waals surface area contributed by atoms with Crippen LogP contribution in [0.25, 0.3) is 0 Å². The van der Waals surface area contributed by atoms with Crippen LogP contribution in [0.15, 0.2) is 36.0 Å². The van der Waals surface area contributed by atoms with Gasteiger partial charge in [-0.3, -0.25) is 10.2 Å². The Hall–Kier alpha value is -1.97. The van der Waals surface area contributed by atoms with Crippen LogP contribution in [-0.2, 0) is 0 Å². The summed E-state index contributed by atoms with van der Waals surface area (Å²) in [6.45, 7) is 12.5. The number of allylic oxidation sites excluding steroid dienone is 2. The first-order chi connectivity index (χ1) is 10.5. The molecule has 4 nitrogen and oxygen atoms in total. The fraction of sp³-hybridized carbons (Fsp3) is 0.500. The van der Waals surface area contributed by atoms with E-state index in [4.69, 9.17) is 0 Å². The molecule has 0 bridgehead atoms. The zero-order chi connectivity index (χ0) is 16.5. The molecule has 1 amide bonds. The maximum Gasteiger partial charge on any atom is 0.269 e. The highest BCUT2D eigenvalue weighted by Gasteiger charge is 2.06. The van der Waals surface area contributed by atoms with Crippen LogP contribution in [0.3, 0.4) is 0 Å². The topological polar surface area (TPSA) is 44.4 Å². The molecule has 1 aromatic carbocycles. The molecule has 0 saturated carbocycles. The third-order valence-corrected chi connectivity index (χ3v) is 3.53. The van der Waals surface area contributed by atoms with Crippen molar-refractivity contribution in [2.45, 2.75) is 41.0 Å². The van der Waals surface area contributed by atoms with Gasteiger partial charge in [0.1, 0.15) is 0 Å². The molecule has 0 aliphatic heterocycles.